The topological polar surface area (TPSA) is 21.3 Å². The summed E-state index contributed by atoms with van der Waals surface area (Å²) in [6.07, 6.45) is 0. The number of nitrogens with one attached hydrogen (secondary N) is 1. The number of methoxy groups -OCH3 is 1. The Bertz CT molecular complexity index is 533. The van der Waals surface area contributed by atoms with E-state index in [0.29, 0.717) is 0 Å². The maximum absolute atomic E-state index is 5.47. The van der Waals surface area contributed by atoms with Crippen molar-refractivity contribution in [3.63, 3.8) is 0 Å². The fourth-order valence-electron chi connectivity index (χ4n) is 2.20. The normalized spacial score (nSPS) is 12.4. The van der Waals surface area contributed by atoms with E-state index in [-0.39, 0.29) is 6.04 Å². The molecule has 0 saturated carbocycles. The first kappa shape index (κ1) is 13.1. The first-order chi connectivity index (χ1) is 8.65. The molecule has 1 N–H and O–H groups in total. The lowest BCUT2D eigenvalue weighted by Gasteiger charge is -2.19. The number of rotatable bonds is 4. The van der Waals surface area contributed by atoms with Crippen LogP contribution in [0.5, 0.6) is 5.75 Å². The van der Waals surface area contributed by atoms with Crippen LogP contribution in [-0.4, -0.2) is 14.2 Å². The molecule has 0 fully saturated rings. The minimum Gasteiger partial charge on any atom is -0.496 e. The minimum atomic E-state index is 0.185. The van der Waals surface area contributed by atoms with Gasteiger partial charge in [0.05, 0.1) is 13.2 Å². The summed E-state index contributed by atoms with van der Waals surface area (Å²) in [6, 6.07) is 8.72. The second-order valence-corrected chi connectivity index (χ2v) is 5.57. The van der Waals surface area contributed by atoms with Gasteiger partial charge in [0.1, 0.15) is 5.75 Å². The van der Waals surface area contributed by atoms with Crippen LogP contribution < -0.4 is 10.1 Å². The van der Waals surface area contributed by atoms with Crippen LogP contribution in [0.4, 0.5) is 0 Å². The van der Waals surface area contributed by atoms with Gasteiger partial charge in [0, 0.05) is 10.4 Å². The van der Waals surface area contributed by atoms with Crippen LogP contribution in [0.15, 0.2) is 29.6 Å². The van der Waals surface area contributed by atoms with Crippen molar-refractivity contribution in [2.24, 2.45) is 0 Å². The van der Waals surface area contributed by atoms with Crippen molar-refractivity contribution in [3.8, 4) is 5.75 Å². The van der Waals surface area contributed by atoms with E-state index in [1.54, 1.807) is 18.4 Å². The Morgan fingerprint density at radius 2 is 2.00 bits per heavy atom. The Morgan fingerprint density at radius 3 is 2.56 bits per heavy atom. The lowest BCUT2D eigenvalue weighted by atomic mass is 9.98. The van der Waals surface area contributed by atoms with Crippen LogP contribution in [-0.2, 0) is 0 Å². The molecule has 0 aliphatic rings. The largest absolute Gasteiger partial charge is 0.496 e. The maximum Gasteiger partial charge on any atom is 0.123 e. The van der Waals surface area contributed by atoms with Gasteiger partial charge in [-0.05, 0) is 44.0 Å². The summed E-state index contributed by atoms with van der Waals surface area (Å²) in [4.78, 5) is 1.33. The highest BCUT2D eigenvalue weighted by molar-refractivity contribution is 7.10. The van der Waals surface area contributed by atoms with Crippen LogP contribution >= 0.6 is 11.3 Å². The third kappa shape index (κ3) is 2.57. The average Bonchev–Trinajstić information content (AvgIpc) is 2.77. The minimum absolute atomic E-state index is 0.185. The molecule has 2 rings (SSSR count). The van der Waals surface area contributed by atoms with E-state index in [0.717, 1.165) is 5.75 Å². The van der Waals surface area contributed by atoms with E-state index in [2.05, 4.69) is 42.7 Å². The Balaban J connectivity index is 2.47. The molecule has 1 aromatic carbocycles. The predicted molar refractivity (Wildman–Crippen MR) is 77.7 cm³/mol. The SMILES string of the molecule is CNC(c1csc(C)c1)c1cc(C)ccc1OC. The molecule has 1 atom stereocenters. The lowest BCUT2D eigenvalue weighted by Crippen LogP contribution is -2.18. The molecule has 1 heterocycles. The number of ether oxygens (including phenoxy) is 1. The van der Waals surface area contributed by atoms with Gasteiger partial charge in [0.2, 0.25) is 0 Å². The van der Waals surface area contributed by atoms with E-state index in [1.807, 2.05) is 13.1 Å². The van der Waals surface area contributed by atoms with Gasteiger partial charge in [-0.3, -0.25) is 0 Å². The zero-order chi connectivity index (χ0) is 13.1. The first-order valence-corrected chi connectivity index (χ1v) is 6.90. The van der Waals surface area contributed by atoms with Gasteiger partial charge in [-0.1, -0.05) is 17.7 Å². The molecule has 0 amide bonds. The van der Waals surface area contributed by atoms with Gasteiger partial charge in [0.25, 0.3) is 0 Å². The molecule has 96 valence electrons. The van der Waals surface area contributed by atoms with Crippen molar-refractivity contribution in [3.05, 3.63) is 51.2 Å². The molecule has 0 radical (unpaired) electrons. The van der Waals surface area contributed by atoms with E-state index >= 15 is 0 Å². The molecule has 0 saturated heterocycles. The van der Waals surface area contributed by atoms with Gasteiger partial charge in [-0.15, -0.1) is 11.3 Å². The summed E-state index contributed by atoms with van der Waals surface area (Å²) in [5, 5.41) is 5.58. The molecule has 2 aromatic rings. The van der Waals surface area contributed by atoms with Gasteiger partial charge < -0.3 is 10.1 Å². The Labute approximate surface area is 113 Å². The summed E-state index contributed by atoms with van der Waals surface area (Å²) < 4.78 is 5.47. The monoisotopic (exact) mass is 261 g/mol. The summed E-state index contributed by atoms with van der Waals surface area (Å²) in [6.45, 7) is 4.24. The fourth-order valence-corrected chi connectivity index (χ4v) is 2.93. The van der Waals surface area contributed by atoms with Gasteiger partial charge in [0.15, 0.2) is 0 Å². The van der Waals surface area contributed by atoms with E-state index in [4.69, 9.17) is 4.74 Å². The summed E-state index contributed by atoms with van der Waals surface area (Å²) in [7, 11) is 3.71. The predicted octanol–water partition coefficient (Wildman–Crippen LogP) is 3.68. The van der Waals surface area contributed by atoms with Gasteiger partial charge >= 0.3 is 0 Å². The third-order valence-electron chi connectivity index (χ3n) is 3.07. The zero-order valence-corrected chi connectivity index (χ0v) is 12.1. The Morgan fingerprint density at radius 1 is 1.22 bits per heavy atom. The molecule has 1 unspecified atom stereocenters. The second-order valence-electron chi connectivity index (χ2n) is 4.46. The fraction of sp³-hybridized carbons (Fsp3) is 0.333. The highest BCUT2D eigenvalue weighted by atomic mass is 32.1. The van der Waals surface area contributed by atoms with Gasteiger partial charge in [-0.25, -0.2) is 0 Å². The number of thiophene rings is 1. The molecule has 0 spiro atoms. The molecule has 0 aliphatic carbocycles. The summed E-state index contributed by atoms with van der Waals surface area (Å²) >= 11 is 1.78. The van der Waals surface area contributed by atoms with Crippen molar-refractivity contribution < 1.29 is 4.74 Å². The van der Waals surface area contributed by atoms with Crippen molar-refractivity contribution in [1.29, 1.82) is 0 Å². The first-order valence-electron chi connectivity index (χ1n) is 6.02. The van der Waals surface area contributed by atoms with Crippen molar-refractivity contribution in [1.82, 2.24) is 5.32 Å². The number of hydrogen-bond donors (Lipinski definition) is 1. The highest BCUT2D eigenvalue weighted by Crippen LogP contribution is 2.32. The highest BCUT2D eigenvalue weighted by Gasteiger charge is 2.17. The number of hydrogen-bond acceptors (Lipinski definition) is 3. The zero-order valence-electron chi connectivity index (χ0n) is 11.3. The Hall–Kier alpha value is -1.32. The molecule has 0 bridgehead atoms. The third-order valence-corrected chi connectivity index (χ3v) is 3.95. The van der Waals surface area contributed by atoms with Crippen molar-refractivity contribution >= 4 is 11.3 Å². The van der Waals surface area contributed by atoms with Gasteiger partial charge in [-0.2, -0.15) is 0 Å². The molecule has 1 aromatic heterocycles. The van der Waals surface area contributed by atoms with Crippen LogP contribution in [0, 0.1) is 13.8 Å². The average molecular weight is 261 g/mol. The van der Waals surface area contributed by atoms with Crippen molar-refractivity contribution in [2.75, 3.05) is 14.2 Å². The van der Waals surface area contributed by atoms with Crippen LogP contribution in [0.2, 0.25) is 0 Å². The van der Waals surface area contributed by atoms with Crippen molar-refractivity contribution in [2.45, 2.75) is 19.9 Å². The summed E-state index contributed by atoms with van der Waals surface area (Å²) in [5.41, 5.74) is 3.74. The van der Waals surface area contributed by atoms with Crippen LogP contribution in [0.3, 0.4) is 0 Å². The van der Waals surface area contributed by atoms with Crippen LogP contribution in [0.25, 0.3) is 0 Å². The van der Waals surface area contributed by atoms with Crippen LogP contribution in [0.1, 0.15) is 27.6 Å². The maximum atomic E-state index is 5.47. The smallest absolute Gasteiger partial charge is 0.123 e. The Kier molecular flexibility index (Phi) is 4.04. The molecular formula is C15H19NOS. The molecule has 0 aliphatic heterocycles. The standard InChI is InChI=1S/C15H19NOS/c1-10-5-6-14(17-4)13(7-10)15(16-3)12-8-11(2)18-9-12/h5-9,15-16H,1-4H3. The van der Waals surface area contributed by atoms with E-state index in [1.165, 1.54) is 21.6 Å². The second kappa shape index (κ2) is 5.55. The summed E-state index contributed by atoms with van der Waals surface area (Å²) in [5.74, 6) is 0.934. The molecule has 2 nitrogen and oxygen atoms in total. The molecule has 3 heteroatoms. The number of benzene rings is 1. The number of aryl methyl sites for hydroxylation is 2. The van der Waals surface area contributed by atoms with E-state index < -0.39 is 0 Å². The quantitative estimate of drug-likeness (QED) is 0.906. The molecule has 18 heavy (non-hydrogen) atoms. The van der Waals surface area contributed by atoms with E-state index in [9.17, 15) is 0 Å². The molecular weight excluding hydrogens is 242 g/mol. The lowest BCUT2D eigenvalue weighted by molar-refractivity contribution is 0.405.